The third-order valence-corrected chi connectivity index (χ3v) is 7.11. The molecule has 1 aliphatic heterocycles. The number of nitrogens with zero attached hydrogens (tertiary/aromatic N) is 3. The van der Waals surface area contributed by atoms with Gasteiger partial charge in [-0.3, -0.25) is 18.5 Å². The van der Waals surface area contributed by atoms with E-state index in [9.17, 15) is 33.8 Å². The zero-order valence-electron chi connectivity index (χ0n) is 18.3. The molecule has 5 unspecified atom stereocenters. The highest BCUT2D eigenvalue weighted by molar-refractivity contribution is 7.60. The quantitative estimate of drug-likeness (QED) is 0.184. The largest absolute Gasteiger partial charge is 0.481 e. The Balaban J connectivity index is 1.85. The highest BCUT2D eigenvalue weighted by Gasteiger charge is 2.46. The van der Waals surface area contributed by atoms with E-state index in [-0.39, 0.29) is 12.2 Å². The summed E-state index contributed by atoms with van der Waals surface area (Å²) in [5.74, 6) is 2.67. The Bertz CT molecular complexity index is 1400. The van der Waals surface area contributed by atoms with E-state index in [1.165, 1.54) is 12.2 Å². The molecular formula is C18H21N3O13P2. The minimum absolute atomic E-state index is 0.207. The van der Waals surface area contributed by atoms with Crippen LogP contribution < -0.4 is 11.2 Å². The molecule has 5 atom stereocenters. The van der Waals surface area contributed by atoms with Crippen LogP contribution in [-0.4, -0.2) is 64.1 Å². The zero-order chi connectivity index (χ0) is 26.8. The van der Waals surface area contributed by atoms with E-state index >= 15 is 0 Å². The lowest BCUT2D eigenvalue weighted by atomic mass is 10.1. The van der Waals surface area contributed by atoms with Crippen molar-refractivity contribution in [2.45, 2.75) is 38.0 Å². The van der Waals surface area contributed by atoms with E-state index in [1.54, 1.807) is 6.92 Å². The standard InChI is InChI=1S/C18H21N3O13P2/c1-3-4-5-11-10(2)33-19-12(11)8-21-14(22)6-7-20(18(21)25)17-16(24)15(23)13(32-17)9-31-36(29,30)34-35(26,27)28/h1,4-7,13,15-17,23-24H,8-9H2,2H3,(H,29,30)(H2,26,27,28)/b5-4-. The van der Waals surface area contributed by atoms with Crippen molar-refractivity contribution in [3.05, 3.63) is 56.2 Å². The van der Waals surface area contributed by atoms with Gasteiger partial charge in [-0.25, -0.2) is 13.9 Å². The molecule has 0 amide bonds. The van der Waals surface area contributed by atoms with E-state index in [0.29, 0.717) is 11.3 Å². The van der Waals surface area contributed by atoms with Gasteiger partial charge in [0.15, 0.2) is 6.23 Å². The van der Waals surface area contributed by atoms with Gasteiger partial charge in [-0.15, -0.1) is 6.42 Å². The Labute approximate surface area is 201 Å². The summed E-state index contributed by atoms with van der Waals surface area (Å²) in [7, 11) is -10.6. The molecule has 0 radical (unpaired) electrons. The predicted molar refractivity (Wildman–Crippen MR) is 118 cm³/mol. The van der Waals surface area contributed by atoms with Gasteiger partial charge in [0.1, 0.15) is 29.8 Å². The van der Waals surface area contributed by atoms with E-state index in [0.717, 1.165) is 21.4 Å². The Morgan fingerprint density at radius 2 is 1.94 bits per heavy atom. The van der Waals surface area contributed by atoms with Crippen LogP contribution in [0.2, 0.25) is 0 Å². The number of ether oxygens (including phenoxy) is 1. The molecule has 5 N–H and O–H groups in total. The maximum absolute atomic E-state index is 13.1. The normalized spacial score (nSPS) is 24.1. The average Bonchev–Trinajstić information content (AvgIpc) is 3.26. The van der Waals surface area contributed by atoms with Crippen LogP contribution in [0.5, 0.6) is 0 Å². The smallest absolute Gasteiger partial charge is 0.387 e. The Morgan fingerprint density at radius 1 is 1.25 bits per heavy atom. The van der Waals surface area contributed by atoms with Gasteiger partial charge in [-0.05, 0) is 19.1 Å². The topological polar surface area (TPSA) is 233 Å². The fraction of sp³-hybridized carbons (Fsp3) is 0.389. The summed E-state index contributed by atoms with van der Waals surface area (Å²) in [6, 6.07) is 0.993. The number of terminal acetylenes is 1. The maximum atomic E-state index is 13.1. The molecule has 0 spiro atoms. The minimum atomic E-state index is -5.38. The number of allylic oxidation sites excluding steroid dienone is 1. The molecule has 2 aromatic heterocycles. The molecule has 1 fully saturated rings. The fourth-order valence-electron chi connectivity index (χ4n) is 3.33. The second-order valence-electron chi connectivity index (χ2n) is 7.41. The first-order valence-electron chi connectivity index (χ1n) is 9.89. The summed E-state index contributed by atoms with van der Waals surface area (Å²) in [5, 5.41) is 24.5. The molecule has 0 saturated carbocycles. The maximum Gasteiger partial charge on any atom is 0.481 e. The molecule has 18 heteroatoms. The first kappa shape index (κ1) is 27.9. The van der Waals surface area contributed by atoms with Crippen molar-refractivity contribution < 1.29 is 52.1 Å². The van der Waals surface area contributed by atoms with Crippen molar-refractivity contribution >= 4 is 21.7 Å². The number of rotatable bonds is 9. The molecule has 16 nitrogen and oxygen atoms in total. The highest BCUT2D eigenvalue weighted by Crippen LogP contribution is 2.57. The molecule has 3 rings (SSSR count). The number of aliphatic hydroxyl groups is 2. The summed E-state index contributed by atoms with van der Waals surface area (Å²) in [4.78, 5) is 52.1. The number of phosphoric ester groups is 1. The molecular weight excluding hydrogens is 528 g/mol. The fourth-order valence-corrected chi connectivity index (χ4v) is 4.93. The van der Waals surface area contributed by atoms with Gasteiger partial charge in [-0.1, -0.05) is 11.1 Å². The number of aromatic nitrogens is 3. The Hall–Kier alpha value is -2.67. The summed E-state index contributed by atoms with van der Waals surface area (Å²) in [6.07, 6.45) is 2.45. The number of aliphatic hydroxyl groups excluding tert-OH is 2. The van der Waals surface area contributed by atoms with Crippen LogP contribution in [-0.2, 0) is 29.2 Å². The van der Waals surface area contributed by atoms with Crippen molar-refractivity contribution in [2.75, 3.05) is 6.61 Å². The second kappa shape index (κ2) is 10.8. The number of aryl methyl sites for hydroxylation is 1. The molecule has 3 heterocycles. The Morgan fingerprint density at radius 3 is 2.58 bits per heavy atom. The van der Waals surface area contributed by atoms with E-state index in [1.807, 2.05) is 0 Å². The summed E-state index contributed by atoms with van der Waals surface area (Å²) in [5.41, 5.74) is -1.04. The molecule has 196 valence electrons. The second-order valence-corrected chi connectivity index (χ2v) is 10.2. The van der Waals surface area contributed by atoms with Gasteiger partial charge >= 0.3 is 21.3 Å². The third-order valence-electron chi connectivity index (χ3n) is 4.96. The lowest BCUT2D eigenvalue weighted by Crippen LogP contribution is -2.43. The van der Waals surface area contributed by atoms with Gasteiger partial charge in [0.25, 0.3) is 5.56 Å². The summed E-state index contributed by atoms with van der Waals surface area (Å²) < 4.78 is 42.4. The van der Waals surface area contributed by atoms with Crippen LogP contribution in [0.1, 0.15) is 23.2 Å². The molecule has 36 heavy (non-hydrogen) atoms. The summed E-state index contributed by atoms with van der Waals surface area (Å²) >= 11 is 0. The minimum Gasteiger partial charge on any atom is -0.387 e. The van der Waals surface area contributed by atoms with Crippen LogP contribution in [0.15, 0.2) is 32.5 Å². The lowest BCUT2D eigenvalue weighted by molar-refractivity contribution is -0.0547. The van der Waals surface area contributed by atoms with Crippen LogP contribution in [0.3, 0.4) is 0 Å². The molecule has 0 aromatic carbocycles. The number of hydrogen-bond donors (Lipinski definition) is 5. The molecule has 1 aliphatic rings. The van der Waals surface area contributed by atoms with Gasteiger partial charge in [0.2, 0.25) is 0 Å². The van der Waals surface area contributed by atoms with E-state index < -0.39 is 58.0 Å². The van der Waals surface area contributed by atoms with Crippen LogP contribution in [0.4, 0.5) is 0 Å². The highest BCUT2D eigenvalue weighted by atomic mass is 31.3. The number of phosphoric acid groups is 2. The van der Waals surface area contributed by atoms with Crippen molar-refractivity contribution in [3.63, 3.8) is 0 Å². The molecule has 2 aromatic rings. The Kier molecular flexibility index (Phi) is 8.33. The van der Waals surface area contributed by atoms with Crippen LogP contribution in [0, 0.1) is 19.3 Å². The number of hydrogen-bond acceptors (Lipinski definition) is 11. The zero-order valence-corrected chi connectivity index (χ0v) is 20.1. The monoisotopic (exact) mass is 549 g/mol. The van der Waals surface area contributed by atoms with Crippen molar-refractivity contribution in [3.8, 4) is 12.3 Å². The van der Waals surface area contributed by atoms with Crippen LogP contribution >= 0.6 is 15.6 Å². The lowest BCUT2D eigenvalue weighted by Gasteiger charge is -2.19. The first-order valence-corrected chi connectivity index (χ1v) is 12.9. The molecule has 0 bridgehead atoms. The molecule has 1 saturated heterocycles. The average molecular weight is 549 g/mol. The van der Waals surface area contributed by atoms with E-state index in [4.69, 9.17) is 25.5 Å². The van der Waals surface area contributed by atoms with Gasteiger partial charge in [0.05, 0.1) is 13.2 Å². The van der Waals surface area contributed by atoms with Crippen molar-refractivity contribution in [1.29, 1.82) is 0 Å². The van der Waals surface area contributed by atoms with Crippen LogP contribution in [0.25, 0.3) is 6.08 Å². The van der Waals surface area contributed by atoms with Gasteiger partial charge in [-0.2, -0.15) is 4.31 Å². The molecule has 0 aliphatic carbocycles. The third kappa shape index (κ3) is 6.36. The summed E-state index contributed by atoms with van der Waals surface area (Å²) in [6.45, 7) is 0.298. The first-order chi connectivity index (χ1) is 16.7. The SMILES string of the molecule is C#C/C=C\c1c(Cn2c(=O)ccn(C3OC(COP(=O)(O)OP(=O)(O)O)C(O)C3O)c2=O)noc1C. The van der Waals surface area contributed by atoms with E-state index in [2.05, 4.69) is 19.9 Å². The van der Waals surface area contributed by atoms with Crippen molar-refractivity contribution in [1.82, 2.24) is 14.3 Å². The van der Waals surface area contributed by atoms with Gasteiger partial charge < -0.3 is 34.2 Å². The predicted octanol–water partition coefficient (Wildman–Crippen LogP) is -1.15. The van der Waals surface area contributed by atoms with Crippen molar-refractivity contribution in [2.24, 2.45) is 0 Å². The van der Waals surface area contributed by atoms with Gasteiger partial charge in [0, 0.05) is 17.8 Å².